The summed E-state index contributed by atoms with van der Waals surface area (Å²) in [6.07, 6.45) is 5.59. The molecular formula is C12H19BrN2O. The van der Waals surface area contributed by atoms with E-state index in [-0.39, 0.29) is 6.61 Å². The summed E-state index contributed by atoms with van der Waals surface area (Å²) in [5.74, 6) is 0.331. The Hall–Kier alpha value is -0.610. The molecule has 4 heteroatoms. The molecule has 2 unspecified atom stereocenters. The van der Waals surface area contributed by atoms with Crippen LogP contribution >= 0.6 is 15.9 Å². The molecule has 0 aromatic carbocycles. The number of aliphatic hydroxyl groups excluding tert-OH is 1. The van der Waals surface area contributed by atoms with E-state index >= 15 is 0 Å². The summed E-state index contributed by atoms with van der Waals surface area (Å²) in [7, 11) is 0. The first-order chi connectivity index (χ1) is 7.65. The third-order valence-corrected chi connectivity index (χ3v) is 3.00. The van der Waals surface area contributed by atoms with Gasteiger partial charge in [0.05, 0.1) is 11.9 Å². The van der Waals surface area contributed by atoms with Crippen molar-refractivity contribution in [2.75, 3.05) is 11.9 Å². The Bertz CT molecular complexity index is 320. The van der Waals surface area contributed by atoms with Gasteiger partial charge in [-0.15, -0.1) is 0 Å². The van der Waals surface area contributed by atoms with Gasteiger partial charge < -0.3 is 10.4 Å². The van der Waals surface area contributed by atoms with E-state index in [0.717, 1.165) is 23.0 Å². The van der Waals surface area contributed by atoms with Crippen LogP contribution in [-0.4, -0.2) is 22.7 Å². The molecule has 0 fully saturated rings. The smallest absolute Gasteiger partial charge is 0.0540 e. The van der Waals surface area contributed by atoms with Crippen molar-refractivity contribution in [3.63, 3.8) is 0 Å². The van der Waals surface area contributed by atoms with Crippen LogP contribution < -0.4 is 5.32 Å². The Balaban J connectivity index is 2.56. The number of aromatic nitrogens is 1. The third-order valence-electron chi connectivity index (χ3n) is 2.57. The Morgan fingerprint density at radius 3 is 2.81 bits per heavy atom. The van der Waals surface area contributed by atoms with Gasteiger partial charge in [-0.3, -0.25) is 4.98 Å². The lowest BCUT2D eigenvalue weighted by atomic mass is 10.0. The lowest BCUT2D eigenvalue weighted by Crippen LogP contribution is -2.22. The van der Waals surface area contributed by atoms with E-state index in [4.69, 9.17) is 5.11 Å². The number of nitrogens with one attached hydrogen (secondary N) is 1. The molecule has 1 aromatic heterocycles. The first kappa shape index (κ1) is 13.5. The molecule has 0 aliphatic rings. The van der Waals surface area contributed by atoms with Crippen molar-refractivity contribution < 1.29 is 5.11 Å². The predicted molar refractivity (Wildman–Crippen MR) is 70.5 cm³/mol. The Morgan fingerprint density at radius 2 is 2.25 bits per heavy atom. The van der Waals surface area contributed by atoms with Crippen LogP contribution in [0.2, 0.25) is 0 Å². The normalized spacial score (nSPS) is 14.5. The SMILES string of the molecule is CCC(CC(C)CO)Nc1cncc(Br)c1. The zero-order valence-corrected chi connectivity index (χ0v) is 11.4. The lowest BCUT2D eigenvalue weighted by molar-refractivity contribution is 0.224. The van der Waals surface area contributed by atoms with Gasteiger partial charge in [0.1, 0.15) is 0 Å². The Labute approximate surface area is 105 Å². The van der Waals surface area contributed by atoms with Crippen LogP contribution in [0, 0.1) is 5.92 Å². The number of hydrogen-bond donors (Lipinski definition) is 2. The van der Waals surface area contributed by atoms with E-state index in [0.29, 0.717) is 12.0 Å². The van der Waals surface area contributed by atoms with Gasteiger partial charge in [0.15, 0.2) is 0 Å². The van der Waals surface area contributed by atoms with E-state index < -0.39 is 0 Å². The van der Waals surface area contributed by atoms with Crippen molar-refractivity contribution in [1.82, 2.24) is 4.98 Å². The minimum absolute atomic E-state index is 0.245. The van der Waals surface area contributed by atoms with Gasteiger partial charge in [-0.1, -0.05) is 13.8 Å². The number of nitrogens with zero attached hydrogens (tertiary/aromatic N) is 1. The molecule has 3 nitrogen and oxygen atoms in total. The average Bonchev–Trinajstić information content (AvgIpc) is 2.28. The predicted octanol–water partition coefficient (Wildman–Crippen LogP) is 3.05. The van der Waals surface area contributed by atoms with E-state index in [2.05, 4.69) is 40.1 Å². The summed E-state index contributed by atoms with van der Waals surface area (Å²) in [6, 6.07) is 2.40. The largest absolute Gasteiger partial charge is 0.396 e. The van der Waals surface area contributed by atoms with Crippen molar-refractivity contribution in [2.24, 2.45) is 5.92 Å². The van der Waals surface area contributed by atoms with Gasteiger partial charge in [-0.05, 0) is 40.8 Å². The van der Waals surface area contributed by atoms with Crippen LogP contribution in [0.25, 0.3) is 0 Å². The molecule has 1 rings (SSSR count). The molecule has 2 N–H and O–H groups in total. The number of pyridine rings is 1. The topological polar surface area (TPSA) is 45.1 Å². The molecule has 1 aromatic rings. The molecule has 0 bridgehead atoms. The number of anilines is 1. The van der Waals surface area contributed by atoms with Gasteiger partial charge in [-0.2, -0.15) is 0 Å². The van der Waals surface area contributed by atoms with Crippen LogP contribution in [0.5, 0.6) is 0 Å². The summed E-state index contributed by atoms with van der Waals surface area (Å²) in [5, 5.41) is 12.5. The van der Waals surface area contributed by atoms with Crippen LogP contribution in [0.15, 0.2) is 22.9 Å². The van der Waals surface area contributed by atoms with E-state index in [1.165, 1.54) is 0 Å². The fourth-order valence-corrected chi connectivity index (χ4v) is 1.98. The standard InChI is InChI=1S/C12H19BrN2O/c1-3-11(4-9(2)8-16)15-12-5-10(13)6-14-7-12/h5-7,9,11,15-16H,3-4,8H2,1-2H3. The molecule has 0 amide bonds. The third kappa shape index (κ3) is 4.49. The van der Waals surface area contributed by atoms with Gasteiger partial charge in [0, 0.05) is 23.3 Å². The molecule has 0 spiro atoms. The van der Waals surface area contributed by atoms with E-state index in [1.807, 2.05) is 12.3 Å². The van der Waals surface area contributed by atoms with Crippen molar-refractivity contribution in [2.45, 2.75) is 32.7 Å². The number of hydrogen-bond acceptors (Lipinski definition) is 3. The van der Waals surface area contributed by atoms with Gasteiger partial charge >= 0.3 is 0 Å². The zero-order valence-electron chi connectivity index (χ0n) is 9.78. The summed E-state index contributed by atoms with van der Waals surface area (Å²) >= 11 is 3.40. The second-order valence-electron chi connectivity index (χ2n) is 4.16. The van der Waals surface area contributed by atoms with Crippen LogP contribution in [0.4, 0.5) is 5.69 Å². The Morgan fingerprint density at radius 1 is 1.50 bits per heavy atom. The van der Waals surface area contributed by atoms with Crippen molar-refractivity contribution in [3.05, 3.63) is 22.9 Å². The van der Waals surface area contributed by atoms with Crippen molar-refractivity contribution in [1.29, 1.82) is 0 Å². The molecular weight excluding hydrogens is 268 g/mol. The molecule has 1 heterocycles. The molecule has 2 atom stereocenters. The molecule has 90 valence electrons. The monoisotopic (exact) mass is 286 g/mol. The number of aliphatic hydroxyl groups is 1. The summed E-state index contributed by atoms with van der Waals surface area (Å²) in [4.78, 5) is 4.11. The summed E-state index contributed by atoms with van der Waals surface area (Å²) in [6.45, 7) is 4.45. The van der Waals surface area contributed by atoms with Crippen LogP contribution in [0.3, 0.4) is 0 Å². The zero-order chi connectivity index (χ0) is 12.0. The first-order valence-corrected chi connectivity index (χ1v) is 6.43. The first-order valence-electron chi connectivity index (χ1n) is 5.63. The molecule has 0 aliphatic heterocycles. The lowest BCUT2D eigenvalue weighted by Gasteiger charge is -2.20. The number of halogens is 1. The highest BCUT2D eigenvalue weighted by Gasteiger charge is 2.10. The minimum atomic E-state index is 0.245. The van der Waals surface area contributed by atoms with Crippen molar-refractivity contribution >= 4 is 21.6 Å². The highest BCUT2D eigenvalue weighted by atomic mass is 79.9. The van der Waals surface area contributed by atoms with E-state index in [9.17, 15) is 0 Å². The second kappa shape index (κ2) is 6.86. The maximum Gasteiger partial charge on any atom is 0.0540 e. The number of rotatable bonds is 6. The van der Waals surface area contributed by atoms with E-state index in [1.54, 1.807) is 6.20 Å². The Kier molecular flexibility index (Phi) is 5.77. The quantitative estimate of drug-likeness (QED) is 0.845. The summed E-state index contributed by atoms with van der Waals surface area (Å²) in [5.41, 5.74) is 1.02. The summed E-state index contributed by atoms with van der Waals surface area (Å²) < 4.78 is 0.975. The second-order valence-corrected chi connectivity index (χ2v) is 5.08. The molecule has 0 saturated heterocycles. The van der Waals surface area contributed by atoms with Gasteiger partial charge in [-0.25, -0.2) is 0 Å². The van der Waals surface area contributed by atoms with Gasteiger partial charge in [0.25, 0.3) is 0 Å². The fraction of sp³-hybridized carbons (Fsp3) is 0.583. The molecule has 0 radical (unpaired) electrons. The average molecular weight is 287 g/mol. The fourth-order valence-electron chi connectivity index (χ4n) is 1.61. The molecule has 0 aliphatic carbocycles. The molecule has 0 saturated carbocycles. The molecule has 16 heavy (non-hydrogen) atoms. The highest BCUT2D eigenvalue weighted by Crippen LogP contribution is 2.18. The van der Waals surface area contributed by atoms with Crippen LogP contribution in [0.1, 0.15) is 26.7 Å². The maximum atomic E-state index is 9.04. The van der Waals surface area contributed by atoms with Crippen molar-refractivity contribution in [3.8, 4) is 0 Å². The van der Waals surface area contributed by atoms with Gasteiger partial charge in [0.2, 0.25) is 0 Å². The highest BCUT2D eigenvalue weighted by molar-refractivity contribution is 9.10. The maximum absolute atomic E-state index is 9.04. The minimum Gasteiger partial charge on any atom is -0.396 e. The van der Waals surface area contributed by atoms with Crippen LogP contribution in [-0.2, 0) is 0 Å².